The number of carbonyl (C=O) groups excluding carboxylic acids is 1. The molecule has 0 unspecified atom stereocenters. The summed E-state index contributed by atoms with van der Waals surface area (Å²) in [5.74, 6) is -0.318. The number of nitro groups is 1. The number of hydrogen-bond donors (Lipinski definition) is 0. The van der Waals surface area contributed by atoms with E-state index >= 15 is 0 Å². The molecule has 0 aliphatic heterocycles. The highest BCUT2D eigenvalue weighted by atomic mass is 35.5. The summed E-state index contributed by atoms with van der Waals surface area (Å²) in [4.78, 5) is 25.5. The Bertz CT molecular complexity index is 906. The van der Waals surface area contributed by atoms with Crippen LogP contribution in [0.1, 0.15) is 10.4 Å². The number of nitrogens with zero attached hydrogens (tertiary/aromatic N) is 2. The molecule has 3 aromatic rings. The lowest BCUT2D eigenvalue weighted by atomic mass is 10.1. The van der Waals surface area contributed by atoms with E-state index in [9.17, 15) is 14.9 Å². The number of ether oxygens (including phenoxy) is 1. The third kappa shape index (κ3) is 3.46. The number of carbonyl (C=O) groups is 1. The molecular weight excluding hydrogens is 324 g/mol. The second-order valence-electron chi connectivity index (χ2n) is 4.64. The zero-order valence-electron chi connectivity index (χ0n) is 11.6. The lowest BCUT2D eigenvalue weighted by Gasteiger charge is -2.02. The molecule has 0 N–H and O–H groups in total. The Morgan fingerprint density at radius 3 is 2.91 bits per heavy atom. The highest BCUT2D eigenvalue weighted by Crippen LogP contribution is 2.27. The van der Waals surface area contributed by atoms with E-state index in [4.69, 9.17) is 20.8 Å². The Balaban J connectivity index is 1.84. The molecule has 0 saturated heterocycles. The Morgan fingerprint density at radius 1 is 1.30 bits per heavy atom. The third-order valence-corrected chi connectivity index (χ3v) is 3.20. The van der Waals surface area contributed by atoms with Crippen LogP contribution in [0.3, 0.4) is 0 Å². The standard InChI is InChI=1S/C15H9ClN2O5/c16-10-4-5-14-12(7-10)17-15(23-14)22-11-3-1-2-9(6-11)13(19)8-18(20)21/h1-7H,8H2. The lowest BCUT2D eigenvalue weighted by molar-refractivity contribution is -0.465. The van der Waals surface area contributed by atoms with Gasteiger partial charge in [-0.1, -0.05) is 23.7 Å². The summed E-state index contributed by atoms with van der Waals surface area (Å²) in [7, 11) is 0. The molecule has 0 saturated carbocycles. The maximum Gasteiger partial charge on any atom is 0.400 e. The fourth-order valence-electron chi connectivity index (χ4n) is 1.97. The second-order valence-corrected chi connectivity index (χ2v) is 5.07. The first-order valence-corrected chi connectivity index (χ1v) is 6.88. The summed E-state index contributed by atoms with van der Waals surface area (Å²) < 4.78 is 10.9. The first-order chi connectivity index (χ1) is 11.0. The molecule has 1 heterocycles. The molecule has 0 bridgehead atoms. The van der Waals surface area contributed by atoms with Gasteiger partial charge in [-0.15, -0.1) is 0 Å². The molecule has 0 fully saturated rings. The number of hydrogen-bond acceptors (Lipinski definition) is 6. The van der Waals surface area contributed by atoms with Gasteiger partial charge in [0, 0.05) is 15.5 Å². The van der Waals surface area contributed by atoms with Crippen LogP contribution in [0.2, 0.25) is 5.02 Å². The van der Waals surface area contributed by atoms with Crippen molar-refractivity contribution < 1.29 is 18.9 Å². The predicted octanol–water partition coefficient (Wildman–Crippen LogP) is 3.73. The smallest absolute Gasteiger partial charge is 0.400 e. The van der Waals surface area contributed by atoms with Gasteiger partial charge in [-0.25, -0.2) is 0 Å². The molecule has 8 heteroatoms. The van der Waals surface area contributed by atoms with Gasteiger partial charge in [-0.2, -0.15) is 4.98 Å². The molecular formula is C15H9ClN2O5. The van der Waals surface area contributed by atoms with Crippen LogP contribution in [0, 0.1) is 10.1 Å². The van der Waals surface area contributed by atoms with Gasteiger partial charge in [0.25, 0.3) is 6.54 Å². The number of oxazole rings is 1. The molecule has 116 valence electrons. The van der Waals surface area contributed by atoms with Crippen LogP contribution >= 0.6 is 11.6 Å². The molecule has 3 rings (SSSR count). The number of benzene rings is 2. The molecule has 1 aromatic heterocycles. The van der Waals surface area contributed by atoms with Crippen molar-refractivity contribution in [3.05, 3.63) is 63.2 Å². The van der Waals surface area contributed by atoms with Crippen molar-refractivity contribution in [3.63, 3.8) is 0 Å². The Labute approximate surface area is 134 Å². The summed E-state index contributed by atoms with van der Waals surface area (Å²) in [6, 6.07) is 11.0. The summed E-state index contributed by atoms with van der Waals surface area (Å²) >= 11 is 5.87. The van der Waals surface area contributed by atoms with Crippen LogP contribution < -0.4 is 4.74 Å². The summed E-state index contributed by atoms with van der Waals surface area (Å²) in [6.07, 6.45) is -0.0128. The summed E-state index contributed by atoms with van der Waals surface area (Å²) in [6.45, 7) is -0.773. The molecule has 0 aliphatic rings. The van der Waals surface area contributed by atoms with E-state index in [0.717, 1.165) is 0 Å². The van der Waals surface area contributed by atoms with Crippen LogP contribution in [-0.4, -0.2) is 22.2 Å². The molecule has 0 atom stereocenters. The number of halogens is 1. The van der Waals surface area contributed by atoms with Crippen molar-refractivity contribution in [2.24, 2.45) is 0 Å². The van der Waals surface area contributed by atoms with Crippen molar-refractivity contribution in [2.45, 2.75) is 0 Å². The van der Waals surface area contributed by atoms with Crippen molar-refractivity contribution in [1.82, 2.24) is 4.98 Å². The Kier molecular flexibility index (Phi) is 3.94. The van der Waals surface area contributed by atoms with Crippen LogP contribution in [0.4, 0.5) is 0 Å². The predicted molar refractivity (Wildman–Crippen MR) is 81.7 cm³/mol. The minimum Gasteiger partial charge on any atom is -0.411 e. The molecule has 0 amide bonds. The first-order valence-electron chi connectivity index (χ1n) is 6.50. The van der Waals surface area contributed by atoms with Gasteiger partial charge in [0.1, 0.15) is 11.3 Å². The van der Waals surface area contributed by atoms with Crippen molar-refractivity contribution in [1.29, 1.82) is 0 Å². The van der Waals surface area contributed by atoms with Gasteiger partial charge in [0.05, 0.1) is 0 Å². The molecule has 0 aliphatic carbocycles. The number of ketones is 1. The highest BCUT2D eigenvalue weighted by molar-refractivity contribution is 6.31. The van der Waals surface area contributed by atoms with E-state index in [1.165, 1.54) is 12.1 Å². The maximum atomic E-state index is 11.7. The Hall–Kier alpha value is -2.93. The van der Waals surface area contributed by atoms with E-state index in [2.05, 4.69) is 4.98 Å². The van der Waals surface area contributed by atoms with Gasteiger partial charge in [0.15, 0.2) is 5.58 Å². The van der Waals surface area contributed by atoms with E-state index in [0.29, 0.717) is 16.1 Å². The summed E-state index contributed by atoms with van der Waals surface area (Å²) in [5, 5.41) is 10.9. The molecule has 2 aromatic carbocycles. The molecule has 7 nitrogen and oxygen atoms in total. The maximum absolute atomic E-state index is 11.7. The molecule has 0 spiro atoms. The van der Waals surface area contributed by atoms with Crippen molar-refractivity contribution >= 4 is 28.5 Å². The van der Waals surface area contributed by atoms with Crippen LogP contribution in [0.25, 0.3) is 11.1 Å². The van der Waals surface area contributed by atoms with Gasteiger partial charge in [0.2, 0.25) is 5.78 Å². The normalized spacial score (nSPS) is 10.7. The van der Waals surface area contributed by atoms with E-state index in [1.54, 1.807) is 30.3 Å². The SMILES string of the molecule is O=C(C[N+](=O)[O-])c1cccc(Oc2nc3cc(Cl)ccc3o2)c1. The molecule has 0 radical (unpaired) electrons. The van der Waals surface area contributed by atoms with Crippen molar-refractivity contribution in [2.75, 3.05) is 6.54 Å². The summed E-state index contributed by atoms with van der Waals surface area (Å²) in [5.41, 5.74) is 1.22. The van der Waals surface area contributed by atoms with Crippen molar-refractivity contribution in [3.8, 4) is 11.8 Å². The first kappa shape index (κ1) is 15.0. The zero-order valence-corrected chi connectivity index (χ0v) is 12.3. The molecule has 23 heavy (non-hydrogen) atoms. The minimum atomic E-state index is -0.773. The van der Waals surface area contributed by atoms with E-state index in [1.807, 2.05) is 0 Å². The van der Waals surface area contributed by atoms with E-state index in [-0.39, 0.29) is 17.4 Å². The number of Topliss-reactive ketones (excluding diaryl/α,β-unsaturated/α-hetero) is 1. The average Bonchev–Trinajstić information content (AvgIpc) is 2.88. The number of aromatic nitrogens is 1. The largest absolute Gasteiger partial charge is 0.411 e. The monoisotopic (exact) mass is 332 g/mol. The van der Waals surface area contributed by atoms with Crippen LogP contribution in [-0.2, 0) is 0 Å². The number of fused-ring (bicyclic) bond motifs is 1. The highest BCUT2D eigenvalue weighted by Gasteiger charge is 2.14. The van der Waals surface area contributed by atoms with Gasteiger partial charge in [-0.05, 0) is 30.3 Å². The fourth-order valence-corrected chi connectivity index (χ4v) is 2.13. The average molecular weight is 333 g/mol. The third-order valence-electron chi connectivity index (χ3n) is 2.96. The van der Waals surface area contributed by atoms with Gasteiger partial charge in [-0.3, -0.25) is 14.9 Å². The topological polar surface area (TPSA) is 95.5 Å². The fraction of sp³-hybridized carbons (Fsp3) is 0.0667. The zero-order chi connectivity index (χ0) is 16.4. The van der Waals surface area contributed by atoms with Crippen LogP contribution in [0.15, 0.2) is 46.9 Å². The quantitative estimate of drug-likeness (QED) is 0.401. The van der Waals surface area contributed by atoms with E-state index < -0.39 is 17.3 Å². The Morgan fingerprint density at radius 2 is 2.13 bits per heavy atom. The minimum absolute atomic E-state index is 0.0128. The second kappa shape index (κ2) is 6.05. The lowest BCUT2D eigenvalue weighted by Crippen LogP contribution is -2.13. The van der Waals surface area contributed by atoms with Crippen LogP contribution in [0.5, 0.6) is 11.8 Å². The van der Waals surface area contributed by atoms with Gasteiger partial charge < -0.3 is 9.15 Å². The van der Waals surface area contributed by atoms with Gasteiger partial charge >= 0.3 is 6.08 Å². The number of rotatable bonds is 5.